The van der Waals surface area contributed by atoms with Crippen LogP contribution in [0, 0.1) is 0 Å². The molecule has 1 aromatic carbocycles. The third-order valence-corrected chi connectivity index (χ3v) is 5.51. The number of phenols is 1. The lowest BCUT2D eigenvalue weighted by Crippen LogP contribution is -2.55. The molecule has 14 nitrogen and oxygen atoms in total. The van der Waals surface area contributed by atoms with E-state index in [0.29, 0.717) is 11.3 Å². The average Bonchev–Trinajstić information content (AvgIpc) is 2.83. The summed E-state index contributed by atoms with van der Waals surface area (Å²) in [6, 6.07) is 2.33. The van der Waals surface area contributed by atoms with Gasteiger partial charge in [0.1, 0.15) is 24.4 Å². The van der Waals surface area contributed by atoms with Crippen molar-refractivity contribution in [2.75, 3.05) is 25.1 Å². The number of hydrogen-bond acceptors (Lipinski definition) is 9. The second-order valence-electron chi connectivity index (χ2n) is 7.94. The molecule has 0 spiro atoms. The number of carbonyl (C=O) groups is 6. The smallest absolute Gasteiger partial charge is 0.322 e. The Morgan fingerprint density at radius 3 is 2.08 bits per heavy atom. The number of aromatic hydroxyl groups is 1. The third kappa shape index (κ3) is 12.6. The van der Waals surface area contributed by atoms with E-state index in [4.69, 9.17) is 16.6 Å². The minimum absolute atomic E-state index is 0.00245. The lowest BCUT2D eigenvalue weighted by atomic mass is 10.0. The first-order valence-corrected chi connectivity index (χ1v) is 12.5. The van der Waals surface area contributed by atoms with Crippen LogP contribution in [0.5, 0.6) is 5.75 Å². The van der Waals surface area contributed by atoms with E-state index in [1.54, 1.807) is 6.26 Å². The molecule has 0 aromatic heterocycles. The van der Waals surface area contributed by atoms with Gasteiger partial charge in [0.2, 0.25) is 29.5 Å². The number of nitrogens with one attached hydrogen (secondary N) is 4. The summed E-state index contributed by atoms with van der Waals surface area (Å²) in [5.41, 5.74) is 11.3. The van der Waals surface area contributed by atoms with Crippen molar-refractivity contribution in [2.24, 2.45) is 11.5 Å². The van der Waals surface area contributed by atoms with Gasteiger partial charge in [-0.3, -0.25) is 28.8 Å². The van der Waals surface area contributed by atoms with Crippen LogP contribution in [0.2, 0.25) is 0 Å². The van der Waals surface area contributed by atoms with Crippen molar-refractivity contribution < 1.29 is 39.0 Å². The van der Waals surface area contributed by atoms with Crippen LogP contribution < -0.4 is 32.7 Å². The summed E-state index contributed by atoms with van der Waals surface area (Å²) in [6.45, 7) is -1.16. The quantitative estimate of drug-likeness (QED) is 0.107. The number of carboxylic acids is 1. The lowest BCUT2D eigenvalue weighted by Gasteiger charge is -2.21. The number of hydrogen-bond donors (Lipinski definition) is 8. The SMILES string of the molecule is CSCC[C@H](NC(=O)CNC(=O)[C@H](Cc1ccc(O)cc1)NC(=O)[C@@H](N)CC(N)=O)C(=O)NCC(=O)O. The number of aliphatic carboxylic acids is 1. The van der Waals surface area contributed by atoms with E-state index < -0.39 is 73.1 Å². The molecule has 10 N–H and O–H groups in total. The molecular formula is C22H32N6O8S. The van der Waals surface area contributed by atoms with Crippen molar-refractivity contribution in [3.8, 4) is 5.75 Å². The van der Waals surface area contributed by atoms with Gasteiger partial charge in [0.05, 0.1) is 19.0 Å². The molecule has 0 fully saturated rings. The van der Waals surface area contributed by atoms with E-state index in [9.17, 15) is 33.9 Å². The van der Waals surface area contributed by atoms with Crippen LogP contribution >= 0.6 is 11.8 Å². The molecule has 15 heteroatoms. The van der Waals surface area contributed by atoms with Crippen LogP contribution in [0.25, 0.3) is 0 Å². The van der Waals surface area contributed by atoms with Crippen molar-refractivity contribution in [1.82, 2.24) is 21.3 Å². The molecule has 0 bridgehead atoms. The van der Waals surface area contributed by atoms with Crippen LogP contribution in [0.4, 0.5) is 0 Å². The zero-order valence-corrected chi connectivity index (χ0v) is 21.0. The summed E-state index contributed by atoms with van der Waals surface area (Å²) in [5, 5.41) is 27.6. The molecule has 204 valence electrons. The predicted molar refractivity (Wildman–Crippen MR) is 134 cm³/mol. The van der Waals surface area contributed by atoms with Gasteiger partial charge in [-0.05, 0) is 36.1 Å². The van der Waals surface area contributed by atoms with Gasteiger partial charge in [-0.1, -0.05) is 12.1 Å². The van der Waals surface area contributed by atoms with Gasteiger partial charge in [-0.15, -0.1) is 0 Å². The average molecular weight is 541 g/mol. The number of rotatable bonds is 16. The molecule has 0 aliphatic carbocycles. The van der Waals surface area contributed by atoms with Gasteiger partial charge >= 0.3 is 5.97 Å². The Balaban J connectivity index is 2.85. The Morgan fingerprint density at radius 2 is 1.51 bits per heavy atom. The van der Waals surface area contributed by atoms with Gasteiger partial charge in [-0.25, -0.2) is 0 Å². The molecule has 0 radical (unpaired) electrons. The zero-order chi connectivity index (χ0) is 28.0. The van der Waals surface area contributed by atoms with E-state index in [-0.39, 0.29) is 18.6 Å². The van der Waals surface area contributed by atoms with Crippen LogP contribution in [0.1, 0.15) is 18.4 Å². The molecule has 3 atom stereocenters. The highest BCUT2D eigenvalue weighted by atomic mass is 32.2. The van der Waals surface area contributed by atoms with E-state index in [1.165, 1.54) is 36.0 Å². The molecule has 0 unspecified atom stereocenters. The summed E-state index contributed by atoms with van der Waals surface area (Å²) in [4.78, 5) is 71.6. The summed E-state index contributed by atoms with van der Waals surface area (Å²) >= 11 is 1.42. The first kappa shape index (κ1) is 31.2. The molecule has 0 aliphatic heterocycles. The number of phenolic OH excluding ortho intramolecular Hbond substituents is 1. The van der Waals surface area contributed by atoms with Crippen molar-refractivity contribution in [2.45, 2.75) is 37.4 Å². The second-order valence-corrected chi connectivity index (χ2v) is 8.93. The van der Waals surface area contributed by atoms with Crippen LogP contribution in [-0.2, 0) is 35.2 Å². The van der Waals surface area contributed by atoms with Crippen molar-refractivity contribution >= 4 is 47.3 Å². The summed E-state index contributed by atoms with van der Waals surface area (Å²) in [5.74, 6) is -4.51. The Kier molecular flexibility index (Phi) is 13.5. The summed E-state index contributed by atoms with van der Waals surface area (Å²) < 4.78 is 0. The number of thioether (sulfide) groups is 1. The Bertz CT molecular complexity index is 974. The van der Waals surface area contributed by atoms with Gasteiger partial charge in [0.25, 0.3) is 0 Å². The number of carbonyl (C=O) groups excluding carboxylic acids is 5. The zero-order valence-electron chi connectivity index (χ0n) is 20.2. The van der Waals surface area contributed by atoms with Gasteiger partial charge in [-0.2, -0.15) is 11.8 Å². The summed E-state index contributed by atoms with van der Waals surface area (Å²) in [6.07, 6.45) is 1.55. The Labute approximate surface area is 217 Å². The van der Waals surface area contributed by atoms with Crippen LogP contribution in [-0.4, -0.2) is 88.9 Å². The fourth-order valence-electron chi connectivity index (χ4n) is 2.99. The molecule has 1 rings (SSSR count). The van der Waals surface area contributed by atoms with Gasteiger partial charge in [0, 0.05) is 6.42 Å². The molecule has 5 amide bonds. The molecule has 1 aromatic rings. The second kappa shape index (κ2) is 16.0. The fourth-order valence-corrected chi connectivity index (χ4v) is 3.46. The van der Waals surface area contributed by atoms with E-state index >= 15 is 0 Å². The maximum atomic E-state index is 12.8. The topological polar surface area (TPSA) is 243 Å². The third-order valence-electron chi connectivity index (χ3n) is 4.87. The number of benzene rings is 1. The molecule has 0 aliphatic rings. The molecular weight excluding hydrogens is 508 g/mol. The monoisotopic (exact) mass is 540 g/mol. The van der Waals surface area contributed by atoms with Gasteiger partial charge in [0.15, 0.2) is 0 Å². The van der Waals surface area contributed by atoms with Crippen molar-refractivity contribution in [3.05, 3.63) is 29.8 Å². The minimum atomic E-state index is -1.29. The molecule has 37 heavy (non-hydrogen) atoms. The molecule has 0 saturated heterocycles. The van der Waals surface area contributed by atoms with Crippen molar-refractivity contribution in [1.29, 1.82) is 0 Å². The fraction of sp³-hybridized carbons (Fsp3) is 0.455. The number of carboxylic acid groups (broad SMARTS) is 1. The standard InChI is InChI=1S/C22H32N6O8S/c1-37-7-6-15(21(35)26-11-19(32)33)27-18(31)10-25-22(36)16(8-12-2-4-13(29)5-3-12)28-20(34)14(23)9-17(24)30/h2-5,14-16,29H,6-11,23H2,1H3,(H2,24,30)(H,25,36)(H,26,35)(H,27,31)(H,28,34)(H,32,33)/t14-,15-,16-/m0/s1. The number of nitrogens with two attached hydrogens (primary N) is 2. The van der Waals surface area contributed by atoms with E-state index in [1.807, 2.05) is 0 Å². The predicted octanol–water partition coefficient (Wildman–Crippen LogP) is -2.82. The van der Waals surface area contributed by atoms with Crippen molar-refractivity contribution in [3.63, 3.8) is 0 Å². The van der Waals surface area contributed by atoms with Crippen LogP contribution in [0.15, 0.2) is 24.3 Å². The largest absolute Gasteiger partial charge is 0.508 e. The minimum Gasteiger partial charge on any atom is -0.508 e. The van der Waals surface area contributed by atoms with Crippen LogP contribution in [0.3, 0.4) is 0 Å². The highest BCUT2D eigenvalue weighted by Crippen LogP contribution is 2.11. The summed E-state index contributed by atoms with van der Waals surface area (Å²) in [7, 11) is 0. The number of amides is 5. The molecule has 0 saturated carbocycles. The maximum Gasteiger partial charge on any atom is 0.322 e. The Morgan fingerprint density at radius 1 is 0.919 bits per heavy atom. The highest BCUT2D eigenvalue weighted by Gasteiger charge is 2.26. The normalized spacial score (nSPS) is 12.9. The highest BCUT2D eigenvalue weighted by molar-refractivity contribution is 7.98. The van der Waals surface area contributed by atoms with E-state index in [2.05, 4.69) is 21.3 Å². The lowest BCUT2D eigenvalue weighted by molar-refractivity contribution is -0.138. The molecule has 0 heterocycles. The first-order valence-electron chi connectivity index (χ1n) is 11.1. The maximum absolute atomic E-state index is 12.8. The Hall–Kier alpha value is -3.85. The van der Waals surface area contributed by atoms with E-state index in [0.717, 1.165) is 0 Å². The van der Waals surface area contributed by atoms with Gasteiger partial charge < -0.3 is 42.9 Å². The first-order chi connectivity index (χ1) is 17.4. The number of primary amides is 1.